The quantitative estimate of drug-likeness (QED) is 0.774. The number of hydrogen-bond acceptors (Lipinski definition) is 4. The van der Waals surface area contributed by atoms with Crippen LogP contribution in [0.3, 0.4) is 0 Å². The number of benzene rings is 1. The Morgan fingerprint density at radius 3 is 2.61 bits per heavy atom. The van der Waals surface area contributed by atoms with E-state index in [0.717, 1.165) is 12.1 Å². The zero-order valence-corrected chi connectivity index (χ0v) is 10.8. The van der Waals surface area contributed by atoms with Crippen molar-refractivity contribution in [3.63, 3.8) is 0 Å². The van der Waals surface area contributed by atoms with Gasteiger partial charge in [0, 0.05) is 19.2 Å². The number of hydrogen-bond donors (Lipinski definition) is 2. The average Bonchev–Trinajstić information content (AvgIpc) is 2.27. The summed E-state index contributed by atoms with van der Waals surface area (Å²) >= 11 is 0. The molecule has 0 unspecified atom stereocenters. The third-order valence-corrected chi connectivity index (χ3v) is 4.13. The number of nitrogen functional groups attached to an aromatic ring is 1. The van der Waals surface area contributed by atoms with Crippen molar-refractivity contribution in [2.75, 3.05) is 18.5 Å². The first-order valence-electron chi connectivity index (χ1n) is 5.34. The van der Waals surface area contributed by atoms with E-state index >= 15 is 0 Å². The van der Waals surface area contributed by atoms with Crippen LogP contribution in [0.5, 0.6) is 0 Å². The Bertz CT molecular complexity index is 523. The molecular weight excluding hydrogens is 259 g/mol. The second kappa shape index (κ2) is 5.81. The van der Waals surface area contributed by atoms with E-state index in [4.69, 9.17) is 5.73 Å². The molecule has 7 heteroatoms. The number of nitrogens with one attached hydrogen (secondary N) is 1. The van der Waals surface area contributed by atoms with Crippen molar-refractivity contribution in [1.82, 2.24) is 5.32 Å². The number of carbonyl (C=O) groups is 1. The van der Waals surface area contributed by atoms with Gasteiger partial charge in [-0.3, -0.25) is 4.79 Å². The standard InChI is InChI=1S/C11H15FN2O3S/c1-14-11(15)3-2-4-18(16,17)10-6-8(12)5-9(13)7-10/h5-7H,2-4,13H2,1H3,(H,14,15). The molecule has 0 radical (unpaired) electrons. The van der Waals surface area contributed by atoms with Crippen LogP contribution in [-0.2, 0) is 14.6 Å². The minimum atomic E-state index is -3.61. The molecule has 18 heavy (non-hydrogen) atoms. The SMILES string of the molecule is CNC(=O)CCCS(=O)(=O)c1cc(N)cc(F)c1. The van der Waals surface area contributed by atoms with Crippen molar-refractivity contribution < 1.29 is 17.6 Å². The fraction of sp³-hybridized carbons (Fsp3) is 0.364. The maximum atomic E-state index is 13.1. The van der Waals surface area contributed by atoms with E-state index in [1.807, 2.05) is 0 Å². The summed E-state index contributed by atoms with van der Waals surface area (Å²) in [5.41, 5.74) is 5.44. The van der Waals surface area contributed by atoms with Crippen LogP contribution in [-0.4, -0.2) is 27.1 Å². The second-order valence-corrected chi connectivity index (χ2v) is 5.93. The van der Waals surface area contributed by atoms with E-state index in [-0.39, 0.29) is 35.1 Å². The fourth-order valence-electron chi connectivity index (χ4n) is 1.43. The first-order valence-corrected chi connectivity index (χ1v) is 7.00. The Labute approximate surface area is 105 Å². The van der Waals surface area contributed by atoms with Gasteiger partial charge in [0.25, 0.3) is 0 Å². The van der Waals surface area contributed by atoms with Gasteiger partial charge in [-0.1, -0.05) is 0 Å². The second-order valence-electron chi connectivity index (χ2n) is 3.82. The average molecular weight is 274 g/mol. The molecule has 0 atom stereocenters. The van der Waals surface area contributed by atoms with Gasteiger partial charge in [0.15, 0.2) is 9.84 Å². The summed E-state index contributed by atoms with van der Waals surface area (Å²) in [7, 11) is -2.13. The predicted octanol–water partition coefficient (Wildman–Crippen LogP) is 0.708. The molecule has 1 amide bonds. The summed E-state index contributed by atoms with van der Waals surface area (Å²) in [5, 5.41) is 2.40. The Hall–Kier alpha value is -1.63. The molecule has 0 bridgehead atoms. The summed E-state index contributed by atoms with van der Waals surface area (Å²) in [4.78, 5) is 10.8. The third kappa shape index (κ3) is 3.99. The Balaban J connectivity index is 2.77. The molecule has 1 aromatic carbocycles. The topological polar surface area (TPSA) is 89.3 Å². The number of nitrogens with two attached hydrogens (primary N) is 1. The highest BCUT2D eigenvalue weighted by Crippen LogP contribution is 2.18. The first-order chi connectivity index (χ1) is 8.35. The van der Waals surface area contributed by atoms with Gasteiger partial charge in [0.2, 0.25) is 5.91 Å². The van der Waals surface area contributed by atoms with Crippen LogP contribution >= 0.6 is 0 Å². The lowest BCUT2D eigenvalue weighted by Crippen LogP contribution is -2.18. The highest BCUT2D eigenvalue weighted by molar-refractivity contribution is 7.91. The van der Waals surface area contributed by atoms with Crippen LogP contribution < -0.4 is 11.1 Å². The fourth-order valence-corrected chi connectivity index (χ4v) is 2.80. The van der Waals surface area contributed by atoms with Crippen LogP contribution in [0.25, 0.3) is 0 Å². The molecule has 0 saturated heterocycles. The molecule has 0 saturated carbocycles. The zero-order valence-electron chi connectivity index (χ0n) is 9.94. The van der Waals surface area contributed by atoms with E-state index in [0.29, 0.717) is 0 Å². The van der Waals surface area contributed by atoms with Crippen molar-refractivity contribution in [2.24, 2.45) is 0 Å². The van der Waals surface area contributed by atoms with E-state index in [9.17, 15) is 17.6 Å². The van der Waals surface area contributed by atoms with Gasteiger partial charge in [-0.2, -0.15) is 0 Å². The van der Waals surface area contributed by atoms with Gasteiger partial charge in [-0.05, 0) is 24.6 Å². The van der Waals surface area contributed by atoms with Gasteiger partial charge in [-0.15, -0.1) is 0 Å². The van der Waals surface area contributed by atoms with Crippen molar-refractivity contribution in [2.45, 2.75) is 17.7 Å². The molecule has 1 rings (SSSR count). The van der Waals surface area contributed by atoms with Gasteiger partial charge in [0.05, 0.1) is 10.6 Å². The third-order valence-electron chi connectivity index (χ3n) is 2.35. The van der Waals surface area contributed by atoms with Crippen LogP contribution in [0.2, 0.25) is 0 Å². The van der Waals surface area contributed by atoms with E-state index in [2.05, 4.69) is 5.32 Å². The van der Waals surface area contributed by atoms with Crippen LogP contribution in [0.1, 0.15) is 12.8 Å². The first kappa shape index (κ1) is 14.4. The molecule has 0 aliphatic rings. The summed E-state index contributed by atoms with van der Waals surface area (Å²) in [5.74, 6) is -1.15. The van der Waals surface area contributed by atoms with E-state index < -0.39 is 15.7 Å². The lowest BCUT2D eigenvalue weighted by atomic mass is 10.3. The number of halogens is 1. The predicted molar refractivity (Wildman–Crippen MR) is 66.2 cm³/mol. The largest absolute Gasteiger partial charge is 0.399 e. The normalized spacial score (nSPS) is 11.2. The van der Waals surface area contributed by atoms with E-state index in [1.165, 1.54) is 13.1 Å². The maximum Gasteiger partial charge on any atom is 0.219 e. The van der Waals surface area contributed by atoms with Crippen LogP contribution in [0, 0.1) is 5.82 Å². The maximum absolute atomic E-state index is 13.1. The molecule has 100 valence electrons. The molecule has 0 spiro atoms. The number of rotatable bonds is 5. The molecule has 0 aliphatic carbocycles. The summed E-state index contributed by atoms with van der Waals surface area (Å²) in [6.45, 7) is 0. The van der Waals surface area contributed by atoms with Gasteiger partial charge >= 0.3 is 0 Å². The van der Waals surface area contributed by atoms with Crippen molar-refractivity contribution in [3.8, 4) is 0 Å². The zero-order chi connectivity index (χ0) is 13.8. The molecular formula is C11H15FN2O3S. The highest BCUT2D eigenvalue weighted by Gasteiger charge is 2.16. The van der Waals surface area contributed by atoms with E-state index in [1.54, 1.807) is 0 Å². The smallest absolute Gasteiger partial charge is 0.219 e. The molecule has 0 fully saturated rings. The van der Waals surface area contributed by atoms with Crippen molar-refractivity contribution >= 4 is 21.4 Å². The lowest BCUT2D eigenvalue weighted by Gasteiger charge is -2.05. The minimum Gasteiger partial charge on any atom is -0.399 e. The van der Waals surface area contributed by atoms with Gasteiger partial charge in [0.1, 0.15) is 5.82 Å². The Morgan fingerprint density at radius 1 is 1.39 bits per heavy atom. The Morgan fingerprint density at radius 2 is 2.06 bits per heavy atom. The highest BCUT2D eigenvalue weighted by atomic mass is 32.2. The summed E-state index contributed by atoms with van der Waals surface area (Å²) in [6, 6.07) is 3.17. The number of carbonyl (C=O) groups excluding carboxylic acids is 1. The molecule has 5 nitrogen and oxygen atoms in total. The van der Waals surface area contributed by atoms with Gasteiger partial charge < -0.3 is 11.1 Å². The molecule has 1 aromatic rings. The van der Waals surface area contributed by atoms with Crippen LogP contribution in [0.4, 0.5) is 10.1 Å². The van der Waals surface area contributed by atoms with Gasteiger partial charge in [-0.25, -0.2) is 12.8 Å². The van der Waals surface area contributed by atoms with Crippen molar-refractivity contribution in [3.05, 3.63) is 24.0 Å². The number of amides is 1. The monoisotopic (exact) mass is 274 g/mol. The Kier molecular flexibility index (Phi) is 4.66. The lowest BCUT2D eigenvalue weighted by molar-refractivity contribution is -0.120. The molecule has 0 aliphatic heterocycles. The number of anilines is 1. The summed E-state index contributed by atoms with van der Waals surface area (Å²) < 4.78 is 36.8. The summed E-state index contributed by atoms with van der Waals surface area (Å²) in [6.07, 6.45) is 0.291. The minimum absolute atomic E-state index is 0.0554. The molecule has 3 N–H and O–H groups in total. The number of sulfone groups is 1. The van der Waals surface area contributed by atoms with Crippen molar-refractivity contribution in [1.29, 1.82) is 0 Å². The molecule has 0 heterocycles. The van der Waals surface area contributed by atoms with Crippen LogP contribution in [0.15, 0.2) is 23.1 Å². The molecule has 0 aromatic heterocycles.